The van der Waals surface area contributed by atoms with Crippen LogP contribution in [0.25, 0.3) is 0 Å². The third-order valence-corrected chi connectivity index (χ3v) is 2.88. The lowest BCUT2D eigenvalue weighted by Gasteiger charge is -2.22. The molecule has 0 atom stereocenters. The summed E-state index contributed by atoms with van der Waals surface area (Å²) in [6.45, 7) is 7.07. The van der Waals surface area contributed by atoms with Crippen molar-refractivity contribution in [1.29, 1.82) is 0 Å². The lowest BCUT2D eigenvalue weighted by molar-refractivity contribution is 0.222. The Morgan fingerprint density at radius 1 is 1.32 bits per heavy atom. The Kier molecular flexibility index (Phi) is 4.39. The van der Waals surface area contributed by atoms with Gasteiger partial charge >= 0.3 is 6.01 Å². The summed E-state index contributed by atoms with van der Waals surface area (Å²) >= 11 is 0. The van der Waals surface area contributed by atoms with E-state index in [1.807, 2.05) is 13.8 Å². The first kappa shape index (κ1) is 13.8. The van der Waals surface area contributed by atoms with Crippen LogP contribution in [0.15, 0.2) is 0 Å². The number of ether oxygens (including phenoxy) is 1. The predicted molar refractivity (Wildman–Crippen MR) is 75.8 cm³/mol. The summed E-state index contributed by atoms with van der Waals surface area (Å²) in [4.78, 5) is 15.4. The molecule has 0 radical (unpaired) electrons. The second-order valence-corrected chi connectivity index (χ2v) is 5.08. The molecular weight excluding hydrogens is 242 g/mol. The standard InChI is InChI=1S/C13H23N5O/c1-5-8-18(10-6-7-10)12-15-11(14-4)16-13(17-12)19-9(2)3/h9-10H,5-8H2,1-4H3,(H,14,15,16,17). The third kappa shape index (κ3) is 3.68. The zero-order valence-electron chi connectivity index (χ0n) is 12.2. The lowest BCUT2D eigenvalue weighted by Crippen LogP contribution is -2.29. The number of aromatic nitrogens is 3. The van der Waals surface area contributed by atoms with E-state index in [4.69, 9.17) is 4.74 Å². The number of anilines is 2. The first-order chi connectivity index (χ1) is 9.13. The van der Waals surface area contributed by atoms with Gasteiger partial charge in [-0.3, -0.25) is 0 Å². The molecule has 0 aliphatic heterocycles. The van der Waals surface area contributed by atoms with Crippen LogP contribution in [0.5, 0.6) is 6.01 Å². The van der Waals surface area contributed by atoms with Crippen LogP contribution in [-0.4, -0.2) is 40.7 Å². The molecule has 1 N–H and O–H groups in total. The molecule has 0 aromatic carbocycles. The number of hydrogen-bond acceptors (Lipinski definition) is 6. The Morgan fingerprint density at radius 2 is 2.05 bits per heavy atom. The molecule has 1 aromatic heterocycles. The summed E-state index contributed by atoms with van der Waals surface area (Å²) in [6.07, 6.45) is 3.58. The van der Waals surface area contributed by atoms with E-state index >= 15 is 0 Å². The number of nitrogens with one attached hydrogen (secondary N) is 1. The fraction of sp³-hybridized carbons (Fsp3) is 0.769. The van der Waals surface area contributed by atoms with E-state index < -0.39 is 0 Å². The molecule has 1 aromatic rings. The van der Waals surface area contributed by atoms with Gasteiger partial charge in [0.25, 0.3) is 0 Å². The van der Waals surface area contributed by atoms with Crippen LogP contribution >= 0.6 is 0 Å². The Labute approximate surface area is 114 Å². The molecular formula is C13H23N5O. The first-order valence-corrected chi connectivity index (χ1v) is 7.01. The van der Waals surface area contributed by atoms with Crippen LogP contribution in [-0.2, 0) is 0 Å². The molecule has 0 spiro atoms. The van der Waals surface area contributed by atoms with E-state index in [1.165, 1.54) is 12.8 Å². The van der Waals surface area contributed by atoms with Gasteiger partial charge in [0.05, 0.1) is 6.10 Å². The molecule has 2 rings (SSSR count). The molecule has 1 aliphatic carbocycles. The number of nitrogens with zero attached hydrogens (tertiary/aromatic N) is 4. The van der Waals surface area contributed by atoms with Crippen molar-refractivity contribution in [2.45, 2.75) is 52.2 Å². The van der Waals surface area contributed by atoms with Crippen LogP contribution in [0.1, 0.15) is 40.0 Å². The zero-order valence-corrected chi connectivity index (χ0v) is 12.2. The normalized spacial score (nSPS) is 14.6. The summed E-state index contributed by atoms with van der Waals surface area (Å²) < 4.78 is 5.60. The highest BCUT2D eigenvalue weighted by atomic mass is 16.5. The largest absolute Gasteiger partial charge is 0.461 e. The first-order valence-electron chi connectivity index (χ1n) is 7.01. The van der Waals surface area contributed by atoms with Gasteiger partial charge in [0.1, 0.15) is 0 Å². The van der Waals surface area contributed by atoms with E-state index in [0.29, 0.717) is 18.0 Å². The van der Waals surface area contributed by atoms with Gasteiger partial charge in [-0.1, -0.05) is 6.92 Å². The minimum absolute atomic E-state index is 0.0560. The van der Waals surface area contributed by atoms with Gasteiger partial charge in [0, 0.05) is 19.6 Å². The van der Waals surface area contributed by atoms with Gasteiger partial charge in [-0.25, -0.2) is 0 Å². The molecule has 0 unspecified atom stereocenters. The van der Waals surface area contributed by atoms with Crippen molar-refractivity contribution in [2.75, 3.05) is 23.8 Å². The molecule has 1 fully saturated rings. The minimum Gasteiger partial charge on any atom is -0.461 e. The van der Waals surface area contributed by atoms with Crippen molar-refractivity contribution in [1.82, 2.24) is 15.0 Å². The average molecular weight is 265 g/mol. The summed E-state index contributed by atoms with van der Waals surface area (Å²) in [5, 5.41) is 2.97. The van der Waals surface area contributed by atoms with E-state index in [2.05, 4.69) is 32.1 Å². The predicted octanol–water partition coefficient (Wildman–Crippen LogP) is 2.08. The molecule has 1 aliphatic rings. The summed E-state index contributed by atoms with van der Waals surface area (Å²) in [5.74, 6) is 1.28. The summed E-state index contributed by atoms with van der Waals surface area (Å²) in [7, 11) is 1.81. The SMILES string of the molecule is CCCN(c1nc(NC)nc(OC(C)C)n1)C1CC1. The zero-order chi connectivity index (χ0) is 13.8. The summed E-state index contributed by atoms with van der Waals surface area (Å²) in [5.41, 5.74) is 0. The molecule has 1 saturated carbocycles. The van der Waals surface area contributed by atoms with Gasteiger partial charge in [0.15, 0.2) is 0 Å². The van der Waals surface area contributed by atoms with E-state index in [9.17, 15) is 0 Å². The van der Waals surface area contributed by atoms with Crippen molar-refractivity contribution >= 4 is 11.9 Å². The van der Waals surface area contributed by atoms with Crippen molar-refractivity contribution in [3.8, 4) is 6.01 Å². The maximum Gasteiger partial charge on any atom is 0.323 e. The van der Waals surface area contributed by atoms with Gasteiger partial charge < -0.3 is 15.0 Å². The van der Waals surface area contributed by atoms with Crippen LogP contribution in [0.2, 0.25) is 0 Å². The summed E-state index contributed by atoms with van der Waals surface area (Å²) in [6, 6.07) is 0.977. The van der Waals surface area contributed by atoms with Gasteiger partial charge in [-0.2, -0.15) is 15.0 Å². The Balaban J connectivity index is 2.26. The molecule has 1 heterocycles. The maximum absolute atomic E-state index is 5.60. The van der Waals surface area contributed by atoms with Crippen molar-refractivity contribution in [3.05, 3.63) is 0 Å². The minimum atomic E-state index is 0.0560. The molecule has 0 bridgehead atoms. The second-order valence-electron chi connectivity index (χ2n) is 5.08. The van der Waals surface area contributed by atoms with Crippen molar-refractivity contribution in [2.24, 2.45) is 0 Å². The van der Waals surface area contributed by atoms with Gasteiger partial charge in [0.2, 0.25) is 11.9 Å². The Morgan fingerprint density at radius 3 is 2.58 bits per heavy atom. The Bertz CT molecular complexity index is 419. The smallest absolute Gasteiger partial charge is 0.323 e. The molecule has 19 heavy (non-hydrogen) atoms. The fourth-order valence-electron chi connectivity index (χ4n) is 1.92. The maximum atomic E-state index is 5.60. The Hall–Kier alpha value is -1.59. The van der Waals surface area contributed by atoms with Crippen LogP contribution in [0.4, 0.5) is 11.9 Å². The molecule has 6 nitrogen and oxygen atoms in total. The third-order valence-electron chi connectivity index (χ3n) is 2.88. The van der Waals surface area contributed by atoms with Crippen molar-refractivity contribution < 1.29 is 4.74 Å². The van der Waals surface area contributed by atoms with E-state index in [0.717, 1.165) is 18.9 Å². The van der Waals surface area contributed by atoms with Gasteiger partial charge in [-0.05, 0) is 33.1 Å². The van der Waals surface area contributed by atoms with Crippen LogP contribution in [0, 0.1) is 0 Å². The van der Waals surface area contributed by atoms with Crippen LogP contribution < -0.4 is 15.0 Å². The van der Waals surface area contributed by atoms with E-state index in [-0.39, 0.29) is 6.10 Å². The van der Waals surface area contributed by atoms with Crippen LogP contribution in [0.3, 0.4) is 0 Å². The molecule has 6 heteroatoms. The monoisotopic (exact) mass is 265 g/mol. The average Bonchev–Trinajstić information content (AvgIpc) is 3.18. The fourth-order valence-corrected chi connectivity index (χ4v) is 1.92. The van der Waals surface area contributed by atoms with Gasteiger partial charge in [-0.15, -0.1) is 0 Å². The molecule has 106 valence electrons. The quantitative estimate of drug-likeness (QED) is 0.814. The second kappa shape index (κ2) is 6.04. The lowest BCUT2D eigenvalue weighted by atomic mass is 10.4. The highest BCUT2D eigenvalue weighted by Gasteiger charge is 2.31. The number of rotatable bonds is 7. The van der Waals surface area contributed by atoms with Crippen molar-refractivity contribution in [3.63, 3.8) is 0 Å². The molecule has 0 saturated heterocycles. The highest BCUT2D eigenvalue weighted by Crippen LogP contribution is 2.30. The molecule has 0 amide bonds. The highest BCUT2D eigenvalue weighted by molar-refractivity contribution is 5.40. The number of hydrogen-bond donors (Lipinski definition) is 1. The van der Waals surface area contributed by atoms with E-state index in [1.54, 1.807) is 7.05 Å². The topological polar surface area (TPSA) is 63.2 Å².